The lowest BCUT2D eigenvalue weighted by Gasteiger charge is -2.29. The molecule has 2 aromatic rings. The van der Waals surface area contributed by atoms with Crippen LogP contribution in [0.15, 0.2) is 58.9 Å². The maximum Gasteiger partial charge on any atom is 0.336 e. The zero-order chi connectivity index (χ0) is 20.3. The number of rotatable bonds is 5. The van der Waals surface area contributed by atoms with E-state index in [4.69, 9.17) is 14.5 Å². The van der Waals surface area contributed by atoms with Crippen molar-refractivity contribution in [1.29, 1.82) is 0 Å². The minimum Gasteiger partial charge on any atom is -0.463 e. The number of dihydropyridines is 1. The van der Waals surface area contributed by atoms with Gasteiger partial charge in [-0.2, -0.15) is 0 Å². The first-order valence-corrected chi connectivity index (χ1v) is 9.36. The highest BCUT2D eigenvalue weighted by molar-refractivity contribution is 6.00. The van der Waals surface area contributed by atoms with Crippen molar-refractivity contribution in [3.05, 3.63) is 64.6 Å². The van der Waals surface area contributed by atoms with E-state index in [0.717, 1.165) is 10.9 Å². The summed E-state index contributed by atoms with van der Waals surface area (Å²) in [5.74, 6) is -1.60. The normalized spacial score (nSPS) is 14.9. The quantitative estimate of drug-likeness (QED) is 0.799. The van der Waals surface area contributed by atoms with Crippen LogP contribution in [0, 0.1) is 0 Å². The molecule has 0 amide bonds. The Morgan fingerprint density at radius 3 is 2.07 bits per heavy atom. The molecule has 1 aliphatic rings. The van der Waals surface area contributed by atoms with Gasteiger partial charge in [0.15, 0.2) is 0 Å². The van der Waals surface area contributed by atoms with Crippen LogP contribution in [0.3, 0.4) is 0 Å². The molecule has 28 heavy (non-hydrogen) atoms. The summed E-state index contributed by atoms with van der Waals surface area (Å²) in [6, 6.07) is 11.5. The Hall–Kier alpha value is -3.15. The highest BCUT2D eigenvalue weighted by Gasteiger charge is 2.38. The minimum atomic E-state index is -0.663. The van der Waals surface area contributed by atoms with Crippen molar-refractivity contribution in [2.75, 3.05) is 13.2 Å². The molecule has 1 aromatic carbocycles. The fourth-order valence-electron chi connectivity index (χ4n) is 3.49. The second kappa shape index (κ2) is 8.25. The van der Waals surface area contributed by atoms with Gasteiger partial charge < -0.3 is 14.8 Å². The highest BCUT2D eigenvalue weighted by atomic mass is 16.5. The van der Waals surface area contributed by atoms with Crippen LogP contribution in [-0.4, -0.2) is 30.1 Å². The van der Waals surface area contributed by atoms with Crippen LogP contribution < -0.4 is 5.32 Å². The first-order chi connectivity index (χ1) is 13.5. The number of carbonyl (C=O) groups is 2. The van der Waals surface area contributed by atoms with Gasteiger partial charge >= 0.3 is 11.9 Å². The Kier molecular flexibility index (Phi) is 5.78. The number of nitrogens with one attached hydrogen (secondary N) is 1. The van der Waals surface area contributed by atoms with Gasteiger partial charge in [-0.1, -0.05) is 24.3 Å². The molecule has 0 aliphatic carbocycles. The third kappa shape index (κ3) is 3.63. The number of nitrogens with zero attached hydrogens (tertiary/aromatic N) is 1. The molecule has 146 valence electrons. The first-order valence-electron chi connectivity index (χ1n) is 9.36. The Bertz CT molecular complexity index is 951. The third-order valence-electron chi connectivity index (χ3n) is 4.67. The Balaban J connectivity index is 2.20. The second-order valence-electron chi connectivity index (χ2n) is 6.51. The molecule has 1 N–H and O–H groups in total. The van der Waals surface area contributed by atoms with Crippen molar-refractivity contribution in [1.82, 2.24) is 10.3 Å². The summed E-state index contributed by atoms with van der Waals surface area (Å²) in [6.45, 7) is 7.58. The van der Waals surface area contributed by atoms with E-state index in [1.807, 2.05) is 36.4 Å². The number of ether oxygens (including phenoxy) is 2. The average Bonchev–Trinajstić information content (AvgIpc) is 2.67. The zero-order valence-electron chi connectivity index (χ0n) is 16.5. The molecule has 0 spiro atoms. The molecular formula is C22H24N2O4. The summed E-state index contributed by atoms with van der Waals surface area (Å²) in [5, 5.41) is 4.11. The molecule has 1 aliphatic heterocycles. The SMILES string of the molecule is CCOC(=O)C1=C(C)NC(C)=C(C(=O)OCC)C1c1ccc2ccccc2n1. The van der Waals surface area contributed by atoms with Gasteiger partial charge in [0, 0.05) is 16.8 Å². The average molecular weight is 380 g/mol. The van der Waals surface area contributed by atoms with Gasteiger partial charge in [0.1, 0.15) is 0 Å². The van der Waals surface area contributed by atoms with Crippen LogP contribution in [0.5, 0.6) is 0 Å². The van der Waals surface area contributed by atoms with Gasteiger partial charge in [-0.15, -0.1) is 0 Å². The molecule has 6 nitrogen and oxygen atoms in total. The van der Waals surface area contributed by atoms with Gasteiger partial charge in [0.25, 0.3) is 0 Å². The number of esters is 2. The summed E-state index contributed by atoms with van der Waals surface area (Å²) in [4.78, 5) is 30.3. The van der Waals surface area contributed by atoms with E-state index in [9.17, 15) is 9.59 Å². The lowest BCUT2D eigenvalue weighted by atomic mass is 9.82. The van der Waals surface area contributed by atoms with E-state index in [2.05, 4.69) is 5.32 Å². The fraction of sp³-hybridized carbons (Fsp3) is 0.318. The summed E-state index contributed by atoms with van der Waals surface area (Å²) in [5.41, 5.74) is 3.43. The Morgan fingerprint density at radius 2 is 1.50 bits per heavy atom. The maximum absolute atomic E-state index is 12.8. The number of hydrogen-bond donors (Lipinski definition) is 1. The number of para-hydroxylation sites is 1. The van der Waals surface area contributed by atoms with Crippen LogP contribution in [-0.2, 0) is 19.1 Å². The number of benzene rings is 1. The monoisotopic (exact) mass is 380 g/mol. The van der Waals surface area contributed by atoms with Crippen LogP contribution in [0.2, 0.25) is 0 Å². The molecule has 0 saturated heterocycles. The Labute approximate surface area is 164 Å². The van der Waals surface area contributed by atoms with E-state index < -0.39 is 17.9 Å². The number of allylic oxidation sites excluding steroid dienone is 2. The van der Waals surface area contributed by atoms with E-state index in [-0.39, 0.29) is 13.2 Å². The number of hydrogen-bond acceptors (Lipinski definition) is 6. The van der Waals surface area contributed by atoms with Gasteiger partial charge in [-0.25, -0.2) is 9.59 Å². The summed E-state index contributed by atoms with van der Waals surface area (Å²) >= 11 is 0. The van der Waals surface area contributed by atoms with E-state index in [1.165, 1.54) is 0 Å². The molecule has 0 saturated carbocycles. The Morgan fingerprint density at radius 1 is 0.929 bits per heavy atom. The van der Waals surface area contributed by atoms with Crippen molar-refractivity contribution < 1.29 is 19.1 Å². The fourth-order valence-corrected chi connectivity index (χ4v) is 3.49. The standard InChI is InChI=1S/C22H24N2O4/c1-5-27-21(25)18-13(3)23-14(4)19(22(26)28-6-2)20(18)17-12-11-15-9-7-8-10-16(15)24-17/h7-12,20,23H,5-6H2,1-4H3. The van der Waals surface area contributed by atoms with Gasteiger partial charge in [-0.3, -0.25) is 4.98 Å². The number of fused-ring (bicyclic) bond motifs is 1. The molecule has 1 aromatic heterocycles. The van der Waals surface area contributed by atoms with Crippen molar-refractivity contribution in [3.63, 3.8) is 0 Å². The lowest BCUT2D eigenvalue weighted by molar-refractivity contribution is -0.139. The van der Waals surface area contributed by atoms with Gasteiger partial charge in [0.2, 0.25) is 0 Å². The molecule has 0 radical (unpaired) electrons. The van der Waals surface area contributed by atoms with Crippen molar-refractivity contribution in [2.45, 2.75) is 33.6 Å². The predicted octanol–water partition coefficient (Wildman–Crippen LogP) is 3.60. The van der Waals surface area contributed by atoms with Crippen LogP contribution in [0.4, 0.5) is 0 Å². The molecule has 3 rings (SSSR count). The van der Waals surface area contributed by atoms with Crippen molar-refractivity contribution in [3.8, 4) is 0 Å². The predicted molar refractivity (Wildman–Crippen MR) is 106 cm³/mol. The first kappa shape index (κ1) is 19.6. The highest BCUT2D eigenvalue weighted by Crippen LogP contribution is 2.38. The van der Waals surface area contributed by atoms with Crippen molar-refractivity contribution >= 4 is 22.8 Å². The van der Waals surface area contributed by atoms with Crippen molar-refractivity contribution in [2.24, 2.45) is 0 Å². The van der Waals surface area contributed by atoms with Crippen LogP contribution >= 0.6 is 0 Å². The molecule has 0 bridgehead atoms. The van der Waals surface area contributed by atoms with E-state index in [0.29, 0.717) is 28.2 Å². The maximum atomic E-state index is 12.8. The van der Waals surface area contributed by atoms with Crippen LogP contribution in [0.25, 0.3) is 10.9 Å². The summed E-state index contributed by atoms with van der Waals surface area (Å²) in [6.07, 6.45) is 0. The number of carbonyl (C=O) groups excluding carboxylic acids is 2. The molecule has 0 fully saturated rings. The molecule has 6 heteroatoms. The molecule has 2 heterocycles. The lowest BCUT2D eigenvalue weighted by Crippen LogP contribution is -2.33. The van der Waals surface area contributed by atoms with Gasteiger partial charge in [0.05, 0.1) is 41.5 Å². The second-order valence-corrected chi connectivity index (χ2v) is 6.51. The summed E-state index contributed by atoms with van der Waals surface area (Å²) in [7, 11) is 0. The zero-order valence-corrected chi connectivity index (χ0v) is 16.5. The smallest absolute Gasteiger partial charge is 0.336 e. The molecule has 0 atom stereocenters. The number of pyridine rings is 1. The largest absolute Gasteiger partial charge is 0.463 e. The van der Waals surface area contributed by atoms with E-state index in [1.54, 1.807) is 27.7 Å². The molecule has 0 unspecified atom stereocenters. The minimum absolute atomic E-state index is 0.241. The van der Waals surface area contributed by atoms with E-state index >= 15 is 0 Å². The topological polar surface area (TPSA) is 77.5 Å². The third-order valence-corrected chi connectivity index (χ3v) is 4.67. The van der Waals surface area contributed by atoms with Gasteiger partial charge in [-0.05, 0) is 39.8 Å². The summed E-state index contributed by atoms with van der Waals surface area (Å²) < 4.78 is 10.5. The number of aromatic nitrogens is 1. The van der Waals surface area contributed by atoms with Crippen LogP contribution in [0.1, 0.15) is 39.3 Å². The molecular weight excluding hydrogens is 356 g/mol.